The average Bonchev–Trinajstić information content (AvgIpc) is 2.80. The molecule has 1 heterocycles. The largest absolute Gasteiger partial charge is 0.466 e. The lowest BCUT2D eigenvalue weighted by atomic mass is 10.0. The van der Waals surface area contributed by atoms with Gasteiger partial charge in [0.1, 0.15) is 0 Å². The third kappa shape index (κ3) is 7.42. The number of urea groups is 1. The summed E-state index contributed by atoms with van der Waals surface area (Å²) in [4.78, 5) is 28.4. The second-order valence-electron chi connectivity index (χ2n) is 7.22. The Morgan fingerprint density at radius 2 is 1.87 bits per heavy atom. The van der Waals surface area contributed by atoms with Crippen LogP contribution < -0.4 is 10.2 Å². The Morgan fingerprint density at radius 3 is 2.42 bits per heavy atom. The smallest absolute Gasteiger partial charge is 0.317 e. The van der Waals surface area contributed by atoms with Gasteiger partial charge in [-0.15, -0.1) is 0 Å². The van der Waals surface area contributed by atoms with Crippen LogP contribution in [0.3, 0.4) is 0 Å². The van der Waals surface area contributed by atoms with Gasteiger partial charge in [0.05, 0.1) is 31.2 Å². The highest BCUT2D eigenvalue weighted by Crippen LogP contribution is 2.23. The van der Waals surface area contributed by atoms with Gasteiger partial charge in [0.2, 0.25) is 0 Å². The number of rotatable bonds is 10. The van der Waals surface area contributed by atoms with E-state index in [4.69, 9.17) is 19.5 Å². The van der Waals surface area contributed by atoms with Crippen LogP contribution in [0.4, 0.5) is 10.5 Å². The first-order valence-electron chi connectivity index (χ1n) is 10.5. The summed E-state index contributed by atoms with van der Waals surface area (Å²) in [5.74, 6) is -0.336. The zero-order chi connectivity index (χ0) is 22.6. The minimum atomic E-state index is -0.535. The number of methoxy groups -OCH3 is 2. The molecule has 0 atom stereocenters. The number of nitrogens with one attached hydrogen (secondary N) is 1. The number of piperidine rings is 1. The lowest BCUT2D eigenvalue weighted by molar-refractivity contribution is -0.142. The summed E-state index contributed by atoms with van der Waals surface area (Å²) in [5, 5.41) is 11.8. The van der Waals surface area contributed by atoms with Gasteiger partial charge in [0, 0.05) is 45.6 Å². The number of anilines is 1. The first-order chi connectivity index (χ1) is 15.0. The van der Waals surface area contributed by atoms with Crippen molar-refractivity contribution in [1.29, 1.82) is 5.26 Å². The standard InChI is InChI=1S/C22H32N4O5/c1-4-31-20(27)9-12-24-22(28)26(16-21(29-2)30-3)19-10-13-25(14-11-19)18-7-5-17(15-23)6-8-18/h5-8,19,21H,4,9-14,16H2,1-3H3,(H,24,28). The maximum atomic E-state index is 12.9. The Hall–Kier alpha value is -2.83. The monoisotopic (exact) mass is 432 g/mol. The number of hydrogen-bond acceptors (Lipinski definition) is 7. The minimum absolute atomic E-state index is 0.0185. The Kier molecular flexibility index (Phi) is 10.1. The Labute approximate surface area is 183 Å². The van der Waals surface area contributed by atoms with Crippen molar-refractivity contribution in [2.75, 3.05) is 51.9 Å². The molecular weight excluding hydrogens is 400 g/mol. The normalized spacial score (nSPS) is 14.2. The van der Waals surface area contributed by atoms with Crippen LogP contribution in [0.25, 0.3) is 0 Å². The second kappa shape index (κ2) is 12.8. The topological polar surface area (TPSA) is 104 Å². The van der Waals surface area contributed by atoms with Crippen molar-refractivity contribution < 1.29 is 23.8 Å². The maximum Gasteiger partial charge on any atom is 0.317 e. The van der Waals surface area contributed by atoms with Crippen molar-refractivity contribution in [3.8, 4) is 6.07 Å². The fourth-order valence-corrected chi connectivity index (χ4v) is 3.59. The number of carbonyl (C=O) groups excluding carboxylic acids is 2. The molecule has 2 rings (SSSR count). The van der Waals surface area contributed by atoms with E-state index in [9.17, 15) is 9.59 Å². The van der Waals surface area contributed by atoms with Crippen molar-refractivity contribution in [2.24, 2.45) is 0 Å². The molecule has 9 nitrogen and oxygen atoms in total. The second-order valence-corrected chi connectivity index (χ2v) is 7.22. The number of benzene rings is 1. The third-order valence-electron chi connectivity index (χ3n) is 5.31. The van der Waals surface area contributed by atoms with Gasteiger partial charge in [-0.2, -0.15) is 5.26 Å². The zero-order valence-electron chi connectivity index (χ0n) is 18.5. The number of nitriles is 1. The van der Waals surface area contributed by atoms with E-state index in [1.54, 1.807) is 26.0 Å². The van der Waals surface area contributed by atoms with Crippen LogP contribution in [0.1, 0.15) is 31.7 Å². The van der Waals surface area contributed by atoms with E-state index >= 15 is 0 Å². The lowest BCUT2D eigenvalue weighted by Crippen LogP contribution is -2.53. The lowest BCUT2D eigenvalue weighted by Gasteiger charge is -2.40. The molecule has 1 N–H and O–H groups in total. The van der Waals surface area contributed by atoms with Crippen LogP contribution in [0, 0.1) is 11.3 Å². The molecule has 1 aliphatic heterocycles. The predicted molar refractivity (Wildman–Crippen MR) is 116 cm³/mol. The van der Waals surface area contributed by atoms with E-state index in [1.807, 2.05) is 24.3 Å². The zero-order valence-corrected chi connectivity index (χ0v) is 18.5. The van der Waals surface area contributed by atoms with Crippen LogP contribution in [0.5, 0.6) is 0 Å². The van der Waals surface area contributed by atoms with Crippen LogP contribution in [-0.2, 0) is 19.0 Å². The number of amides is 2. The van der Waals surface area contributed by atoms with E-state index in [0.29, 0.717) is 18.7 Å². The highest BCUT2D eigenvalue weighted by Gasteiger charge is 2.30. The van der Waals surface area contributed by atoms with Crippen molar-refractivity contribution >= 4 is 17.7 Å². The maximum absolute atomic E-state index is 12.9. The highest BCUT2D eigenvalue weighted by atomic mass is 16.7. The molecule has 1 fully saturated rings. The molecule has 2 amide bonds. The van der Waals surface area contributed by atoms with Gasteiger partial charge in [-0.1, -0.05) is 0 Å². The van der Waals surface area contributed by atoms with Gasteiger partial charge in [-0.3, -0.25) is 4.79 Å². The molecule has 0 bridgehead atoms. The summed E-state index contributed by atoms with van der Waals surface area (Å²) < 4.78 is 15.5. The van der Waals surface area contributed by atoms with E-state index in [-0.39, 0.29) is 31.0 Å². The molecule has 0 aromatic heterocycles. The molecule has 1 aromatic rings. The molecular formula is C22H32N4O5. The van der Waals surface area contributed by atoms with Crippen LogP contribution in [-0.4, -0.2) is 76.2 Å². The number of carbonyl (C=O) groups is 2. The summed E-state index contributed by atoms with van der Waals surface area (Å²) in [6.07, 6.45) is 1.16. The van der Waals surface area contributed by atoms with E-state index in [1.165, 1.54) is 0 Å². The van der Waals surface area contributed by atoms with Crippen molar-refractivity contribution in [3.63, 3.8) is 0 Å². The summed E-state index contributed by atoms with van der Waals surface area (Å²) in [7, 11) is 3.08. The van der Waals surface area contributed by atoms with Gasteiger partial charge in [0.25, 0.3) is 0 Å². The molecule has 0 unspecified atom stereocenters. The van der Waals surface area contributed by atoms with Gasteiger partial charge < -0.3 is 29.3 Å². The quantitative estimate of drug-likeness (QED) is 0.446. The number of hydrogen-bond donors (Lipinski definition) is 1. The van der Waals surface area contributed by atoms with Crippen LogP contribution >= 0.6 is 0 Å². The third-order valence-corrected chi connectivity index (χ3v) is 5.31. The molecule has 0 saturated carbocycles. The summed E-state index contributed by atoms with van der Waals surface area (Å²) in [6.45, 7) is 4.14. The first-order valence-corrected chi connectivity index (χ1v) is 10.5. The van der Waals surface area contributed by atoms with Crippen molar-refractivity contribution in [3.05, 3.63) is 29.8 Å². The fraction of sp³-hybridized carbons (Fsp3) is 0.591. The molecule has 1 aromatic carbocycles. The average molecular weight is 433 g/mol. The summed E-state index contributed by atoms with van der Waals surface area (Å²) in [6, 6.07) is 9.42. The molecule has 1 saturated heterocycles. The first kappa shape index (κ1) is 24.4. The SMILES string of the molecule is CCOC(=O)CCNC(=O)N(CC(OC)OC)C1CCN(c2ccc(C#N)cc2)CC1. The van der Waals surface area contributed by atoms with Gasteiger partial charge >= 0.3 is 12.0 Å². The van der Waals surface area contributed by atoms with Crippen LogP contribution in [0.15, 0.2) is 24.3 Å². The molecule has 0 aliphatic carbocycles. The molecule has 9 heteroatoms. The molecule has 31 heavy (non-hydrogen) atoms. The number of ether oxygens (including phenoxy) is 3. The highest BCUT2D eigenvalue weighted by molar-refractivity contribution is 5.76. The molecule has 1 aliphatic rings. The van der Waals surface area contributed by atoms with E-state index in [2.05, 4.69) is 16.3 Å². The van der Waals surface area contributed by atoms with Gasteiger partial charge in [-0.05, 0) is 44.0 Å². The molecule has 170 valence electrons. The van der Waals surface area contributed by atoms with E-state index < -0.39 is 6.29 Å². The number of esters is 1. The summed E-state index contributed by atoms with van der Waals surface area (Å²) in [5.41, 5.74) is 1.70. The summed E-state index contributed by atoms with van der Waals surface area (Å²) >= 11 is 0. The van der Waals surface area contributed by atoms with Gasteiger partial charge in [-0.25, -0.2) is 4.79 Å². The van der Waals surface area contributed by atoms with Crippen molar-refractivity contribution in [1.82, 2.24) is 10.2 Å². The predicted octanol–water partition coefficient (Wildman–Crippen LogP) is 2.11. The molecule has 0 radical (unpaired) electrons. The minimum Gasteiger partial charge on any atom is -0.466 e. The number of nitrogens with zero attached hydrogens (tertiary/aromatic N) is 3. The Balaban J connectivity index is 1.97. The van der Waals surface area contributed by atoms with Crippen LogP contribution in [0.2, 0.25) is 0 Å². The molecule has 0 spiro atoms. The fourth-order valence-electron chi connectivity index (χ4n) is 3.59. The Bertz CT molecular complexity index is 737. The Morgan fingerprint density at radius 1 is 1.23 bits per heavy atom. The van der Waals surface area contributed by atoms with Crippen molar-refractivity contribution in [2.45, 2.75) is 38.5 Å². The van der Waals surface area contributed by atoms with Gasteiger partial charge in [0.15, 0.2) is 6.29 Å². The van der Waals surface area contributed by atoms with E-state index in [0.717, 1.165) is 31.6 Å².